The maximum Gasteiger partial charge on any atom is 0.0613 e. The summed E-state index contributed by atoms with van der Waals surface area (Å²) in [5.41, 5.74) is -0.0331. The van der Waals surface area contributed by atoms with Gasteiger partial charge >= 0.3 is 0 Å². The first-order chi connectivity index (χ1) is 8.69. The van der Waals surface area contributed by atoms with Crippen molar-refractivity contribution in [2.45, 2.75) is 43.7 Å². The van der Waals surface area contributed by atoms with Crippen LogP contribution in [0.3, 0.4) is 0 Å². The zero-order valence-electron chi connectivity index (χ0n) is 11.8. The predicted octanol–water partition coefficient (Wildman–Crippen LogP) is 0.848. The summed E-state index contributed by atoms with van der Waals surface area (Å²) in [6.07, 6.45) is 5.76. The summed E-state index contributed by atoms with van der Waals surface area (Å²) < 4.78 is 5.41. The SMILES string of the molecule is CNC1(CO)CCC(N(C)CC2CCOCC2)C1. The number of likely N-dealkylation sites (N-methyl/N-ethyl adjacent to an activating group) is 1. The fourth-order valence-corrected chi connectivity index (χ4v) is 3.41. The third-order valence-corrected chi connectivity index (χ3v) is 4.93. The summed E-state index contributed by atoms with van der Waals surface area (Å²) in [5, 5.41) is 12.9. The molecule has 0 amide bonds. The van der Waals surface area contributed by atoms with Crippen LogP contribution in [0.2, 0.25) is 0 Å². The van der Waals surface area contributed by atoms with Crippen LogP contribution in [0.1, 0.15) is 32.1 Å². The molecule has 1 aliphatic carbocycles. The minimum Gasteiger partial charge on any atom is -0.394 e. The van der Waals surface area contributed by atoms with Gasteiger partial charge in [-0.05, 0) is 52.1 Å². The largest absolute Gasteiger partial charge is 0.394 e. The topological polar surface area (TPSA) is 44.7 Å². The molecule has 1 saturated heterocycles. The van der Waals surface area contributed by atoms with Crippen molar-refractivity contribution in [3.05, 3.63) is 0 Å². The van der Waals surface area contributed by atoms with Crippen molar-refractivity contribution in [1.29, 1.82) is 0 Å². The summed E-state index contributed by atoms with van der Waals surface area (Å²) >= 11 is 0. The minimum absolute atomic E-state index is 0.0331. The third-order valence-electron chi connectivity index (χ3n) is 4.93. The molecule has 0 radical (unpaired) electrons. The third kappa shape index (κ3) is 3.23. The van der Waals surface area contributed by atoms with Gasteiger partial charge in [-0.3, -0.25) is 0 Å². The maximum atomic E-state index is 9.54. The van der Waals surface area contributed by atoms with E-state index in [-0.39, 0.29) is 12.1 Å². The average molecular weight is 256 g/mol. The molecular formula is C14H28N2O2. The van der Waals surface area contributed by atoms with Crippen LogP contribution in [0, 0.1) is 5.92 Å². The molecule has 0 bridgehead atoms. The first-order valence-corrected chi connectivity index (χ1v) is 7.27. The Balaban J connectivity index is 1.81. The Morgan fingerprint density at radius 1 is 1.33 bits per heavy atom. The Bertz CT molecular complexity index is 250. The summed E-state index contributed by atoms with van der Waals surface area (Å²) in [4.78, 5) is 2.50. The molecule has 0 aromatic carbocycles. The second-order valence-electron chi connectivity index (χ2n) is 6.08. The quantitative estimate of drug-likeness (QED) is 0.765. The monoisotopic (exact) mass is 256 g/mol. The van der Waals surface area contributed by atoms with E-state index in [1.165, 1.54) is 25.8 Å². The summed E-state index contributed by atoms with van der Waals surface area (Å²) in [6, 6.07) is 0.618. The standard InChI is InChI=1S/C14H28N2O2/c1-15-14(11-17)6-3-13(9-14)16(2)10-12-4-7-18-8-5-12/h12-13,15,17H,3-11H2,1-2H3. The van der Waals surface area contributed by atoms with E-state index in [2.05, 4.69) is 17.3 Å². The Morgan fingerprint density at radius 2 is 2.06 bits per heavy atom. The molecule has 4 heteroatoms. The number of hydrogen-bond acceptors (Lipinski definition) is 4. The second-order valence-corrected chi connectivity index (χ2v) is 6.08. The highest BCUT2D eigenvalue weighted by molar-refractivity contribution is 4.98. The predicted molar refractivity (Wildman–Crippen MR) is 72.7 cm³/mol. The maximum absolute atomic E-state index is 9.54. The average Bonchev–Trinajstić information content (AvgIpc) is 2.85. The van der Waals surface area contributed by atoms with E-state index in [1.54, 1.807) is 0 Å². The van der Waals surface area contributed by atoms with Crippen molar-refractivity contribution < 1.29 is 9.84 Å². The molecule has 0 spiro atoms. The number of rotatable bonds is 5. The first-order valence-electron chi connectivity index (χ1n) is 7.27. The molecule has 1 saturated carbocycles. The van der Waals surface area contributed by atoms with Crippen LogP contribution in [0.25, 0.3) is 0 Å². The van der Waals surface area contributed by atoms with Gasteiger partial charge in [0.2, 0.25) is 0 Å². The van der Waals surface area contributed by atoms with Gasteiger partial charge in [-0.1, -0.05) is 0 Å². The molecule has 106 valence electrons. The van der Waals surface area contributed by atoms with Crippen LogP contribution in [0.15, 0.2) is 0 Å². The van der Waals surface area contributed by atoms with Gasteiger partial charge in [-0.25, -0.2) is 0 Å². The number of hydrogen-bond donors (Lipinski definition) is 2. The molecule has 0 aromatic rings. The Labute approximate surface area is 111 Å². The molecule has 1 heterocycles. The molecule has 4 nitrogen and oxygen atoms in total. The highest BCUT2D eigenvalue weighted by Gasteiger charge is 2.39. The highest BCUT2D eigenvalue weighted by atomic mass is 16.5. The van der Waals surface area contributed by atoms with E-state index in [9.17, 15) is 5.11 Å². The van der Waals surface area contributed by atoms with Crippen molar-refractivity contribution in [1.82, 2.24) is 10.2 Å². The molecule has 0 aromatic heterocycles. The van der Waals surface area contributed by atoms with E-state index in [4.69, 9.17) is 4.74 Å². The second kappa shape index (κ2) is 6.33. The van der Waals surface area contributed by atoms with Gasteiger partial charge in [-0.15, -0.1) is 0 Å². The zero-order chi connectivity index (χ0) is 13.0. The molecule has 2 atom stereocenters. The molecule has 18 heavy (non-hydrogen) atoms. The number of ether oxygens (including phenoxy) is 1. The fourth-order valence-electron chi connectivity index (χ4n) is 3.41. The lowest BCUT2D eigenvalue weighted by Gasteiger charge is -2.32. The van der Waals surface area contributed by atoms with Crippen molar-refractivity contribution in [3.63, 3.8) is 0 Å². The van der Waals surface area contributed by atoms with Crippen LogP contribution in [-0.2, 0) is 4.74 Å². The molecule has 2 rings (SSSR count). The van der Waals surface area contributed by atoms with Crippen LogP contribution in [-0.4, -0.2) is 62.0 Å². The lowest BCUT2D eigenvalue weighted by Crippen LogP contribution is -2.46. The lowest BCUT2D eigenvalue weighted by atomic mass is 9.97. The lowest BCUT2D eigenvalue weighted by molar-refractivity contribution is 0.0496. The van der Waals surface area contributed by atoms with E-state index in [0.29, 0.717) is 6.04 Å². The molecule has 2 fully saturated rings. The van der Waals surface area contributed by atoms with Crippen molar-refractivity contribution in [2.75, 3.05) is 40.5 Å². The van der Waals surface area contributed by atoms with Gasteiger partial charge in [0.1, 0.15) is 0 Å². The summed E-state index contributed by atoms with van der Waals surface area (Å²) in [7, 11) is 4.21. The fraction of sp³-hybridized carbons (Fsp3) is 1.00. The van der Waals surface area contributed by atoms with Gasteiger partial charge in [-0.2, -0.15) is 0 Å². The number of nitrogens with one attached hydrogen (secondary N) is 1. The van der Waals surface area contributed by atoms with Gasteiger partial charge < -0.3 is 20.1 Å². The normalized spacial score (nSPS) is 34.3. The zero-order valence-corrected chi connectivity index (χ0v) is 11.8. The van der Waals surface area contributed by atoms with Crippen molar-refractivity contribution >= 4 is 0 Å². The van der Waals surface area contributed by atoms with Gasteiger partial charge in [0.05, 0.1) is 6.61 Å². The van der Waals surface area contributed by atoms with Gasteiger partial charge in [0, 0.05) is 31.3 Å². The highest BCUT2D eigenvalue weighted by Crippen LogP contribution is 2.32. The van der Waals surface area contributed by atoms with Crippen molar-refractivity contribution in [3.8, 4) is 0 Å². The van der Waals surface area contributed by atoms with Crippen molar-refractivity contribution in [2.24, 2.45) is 5.92 Å². The van der Waals surface area contributed by atoms with Crippen LogP contribution < -0.4 is 5.32 Å². The number of aliphatic hydroxyl groups is 1. The summed E-state index contributed by atoms with van der Waals surface area (Å²) in [5.74, 6) is 0.794. The molecule has 2 aliphatic rings. The molecule has 1 aliphatic heterocycles. The van der Waals surface area contributed by atoms with Crippen LogP contribution in [0.4, 0.5) is 0 Å². The minimum atomic E-state index is -0.0331. The van der Waals surface area contributed by atoms with E-state index < -0.39 is 0 Å². The molecular weight excluding hydrogens is 228 g/mol. The van der Waals surface area contributed by atoms with Gasteiger partial charge in [0.25, 0.3) is 0 Å². The van der Waals surface area contributed by atoms with E-state index >= 15 is 0 Å². The molecule has 2 N–H and O–H groups in total. The number of aliphatic hydroxyl groups excluding tert-OH is 1. The van der Waals surface area contributed by atoms with Gasteiger partial charge in [0.15, 0.2) is 0 Å². The first kappa shape index (κ1) is 14.3. The Morgan fingerprint density at radius 3 is 2.61 bits per heavy atom. The van der Waals surface area contributed by atoms with E-state index in [1.807, 2.05) is 7.05 Å². The summed E-state index contributed by atoms with van der Waals surface area (Å²) in [6.45, 7) is 3.30. The van der Waals surface area contributed by atoms with Crippen LogP contribution >= 0.6 is 0 Å². The van der Waals surface area contributed by atoms with Crippen LogP contribution in [0.5, 0.6) is 0 Å². The Kier molecular flexibility index (Phi) is 5.01. The number of nitrogens with zero attached hydrogens (tertiary/aromatic N) is 1. The molecule has 2 unspecified atom stereocenters. The smallest absolute Gasteiger partial charge is 0.0613 e. The Hall–Kier alpha value is -0.160. The van der Waals surface area contributed by atoms with E-state index in [0.717, 1.165) is 32.0 Å².